The van der Waals surface area contributed by atoms with Crippen molar-refractivity contribution in [1.82, 2.24) is 10.2 Å². The largest absolute Gasteiger partial charge is 0.329 e. The predicted octanol–water partition coefficient (Wildman–Crippen LogP) is -0.200. The molecule has 1 aliphatic heterocycles. The van der Waals surface area contributed by atoms with E-state index in [1.54, 1.807) is 11.8 Å². The summed E-state index contributed by atoms with van der Waals surface area (Å²) >= 11 is 0. The van der Waals surface area contributed by atoms with Gasteiger partial charge in [-0.05, 0) is 6.42 Å². The van der Waals surface area contributed by atoms with Gasteiger partial charge in [0.1, 0.15) is 0 Å². The van der Waals surface area contributed by atoms with Crippen LogP contribution in [0.5, 0.6) is 0 Å². The molecule has 0 unspecified atom stereocenters. The third-order valence-electron chi connectivity index (χ3n) is 1.46. The summed E-state index contributed by atoms with van der Waals surface area (Å²) < 4.78 is 0. The van der Waals surface area contributed by atoms with Crippen LogP contribution in [-0.2, 0) is 4.79 Å². The lowest BCUT2D eigenvalue weighted by Gasteiger charge is -2.24. The fourth-order valence-corrected chi connectivity index (χ4v) is 0.893. The van der Waals surface area contributed by atoms with Crippen molar-refractivity contribution in [2.24, 2.45) is 0 Å². The van der Waals surface area contributed by atoms with Gasteiger partial charge in [0, 0.05) is 20.0 Å². The van der Waals surface area contributed by atoms with Crippen LogP contribution < -0.4 is 5.32 Å². The van der Waals surface area contributed by atoms with Crippen LogP contribution in [0, 0.1) is 0 Å². The Hall–Kier alpha value is -0.570. The summed E-state index contributed by atoms with van der Waals surface area (Å²) in [6.07, 6.45) is 1.03. The molecule has 1 aliphatic rings. The smallest absolute Gasteiger partial charge is 0.220 e. The highest BCUT2D eigenvalue weighted by Gasteiger charge is 2.11. The van der Waals surface area contributed by atoms with E-state index in [9.17, 15) is 4.79 Å². The van der Waals surface area contributed by atoms with E-state index in [1.165, 1.54) is 0 Å². The molecule has 0 aromatic heterocycles. The highest BCUT2D eigenvalue weighted by Crippen LogP contribution is 1.96. The molecule has 0 atom stereocenters. The van der Waals surface area contributed by atoms with E-state index in [0.29, 0.717) is 6.67 Å². The van der Waals surface area contributed by atoms with Gasteiger partial charge < -0.3 is 4.90 Å². The van der Waals surface area contributed by atoms with Crippen LogP contribution in [0.3, 0.4) is 0 Å². The maximum absolute atomic E-state index is 10.7. The molecule has 0 spiro atoms. The summed E-state index contributed by atoms with van der Waals surface area (Å²) in [6.45, 7) is 4.00. The lowest BCUT2D eigenvalue weighted by Crippen LogP contribution is -2.40. The van der Waals surface area contributed by atoms with Crippen LogP contribution in [0.25, 0.3) is 0 Å². The zero-order chi connectivity index (χ0) is 6.69. The molecule has 3 nitrogen and oxygen atoms in total. The molecule has 1 radical (unpaired) electrons. The summed E-state index contributed by atoms with van der Waals surface area (Å²) in [5, 5.41) is 4.08. The Morgan fingerprint density at radius 2 is 2.44 bits per heavy atom. The molecule has 1 heterocycles. The SMILES string of the molecule is CC(=O)N1CCC[N]C1. The third-order valence-corrected chi connectivity index (χ3v) is 1.46. The third kappa shape index (κ3) is 1.68. The fraction of sp³-hybridized carbons (Fsp3) is 0.833. The van der Waals surface area contributed by atoms with Gasteiger partial charge in [0.05, 0.1) is 6.67 Å². The van der Waals surface area contributed by atoms with E-state index in [0.717, 1.165) is 19.5 Å². The quantitative estimate of drug-likeness (QED) is 0.443. The first-order valence-corrected chi connectivity index (χ1v) is 3.19. The predicted molar refractivity (Wildman–Crippen MR) is 33.9 cm³/mol. The maximum atomic E-state index is 10.7. The van der Waals surface area contributed by atoms with Gasteiger partial charge in [-0.25, -0.2) is 5.32 Å². The summed E-state index contributed by atoms with van der Waals surface area (Å²) in [5.74, 6) is 0.137. The first-order chi connectivity index (χ1) is 4.30. The monoisotopic (exact) mass is 127 g/mol. The molecule has 0 bridgehead atoms. The Kier molecular flexibility index (Phi) is 2.05. The van der Waals surface area contributed by atoms with Crippen molar-refractivity contribution in [2.45, 2.75) is 13.3 Å². The van der Waals surface area contributed by atoms with Crippen molar-refractivity contribution < 1.29 is 4.79 Å². The van der Waals surface area contributed by atoms with E-state index < -0.39 is 0 Å². The van der Waals surface area contributed by atoms with Gasteiger partial charge in [-0.1, -0.05) is 0 Å². The van der Waals surface area contributed by atoms with Gasteiger partial charge in [0.2, 0.25) is 5.91 Å². The Labute approximate surface area is 55.0 Å². The minimum absolute atomic E-state index is 0.137. The number of hydrogen-bond donors (Lipinski definition) is 0. The Morgan fingerprint density at radius 1 is 1.67 bits per heavy atom. The molecule has 51 valence electrons. The average Bonchev–Trinajstić information content (AvgIpc) is 1.90. The van der Waals surface area contributed by atoms with Crippen LogP contribution in [-0.4, -0.2) is 30.6 Å². The van der Waals surface area contributed by atoms with E-state index >= 15 is 0 Å². The van der Waals surface area contributed by atoms with E-state index in [2.05, 4.69) is 5.32 Å². The van der Waals surface area contributed by atoms with Gasteiger partial charge in [-0.3, -0.25) is 4.79 Å². The molecule has 0 aromatic carbocycles. The maximum Gasteiger partial charge on any atom is 0.220 e. The molecule has 1 saturated heterocycles. The summed E-state index contributed by atoms with van der Waals surface area (Å²) in [4.78, 5) is 12.4. The molecular weight excluding hydrogens is 116 g/mol. The van der Waals surface area contributed by atoms with Crippen LogP contribution >= 0.6 is 0 Å². The van der Waals surface area contributed by atoms with Crippen molar-refractivity contribution in [3.05, 3.63) is 0 Å². The van der Waals surface area contributed by atoms with Gasteiger partial charge >= 0.3 is 0 Å². The second-order valence-corrected chi connectivity index (χ2v) is 2.22. The van der Waals surface area contributed by atoms with Gasteiger partial charge in [0.15, 0.2) is 0 Å². The number of carbonyl (C=O) groups excluding carboxylic acids is 1. The fourth-order valence-electron chi connectivity index (χ4n) is 0.893. The number of rotatable bonds is 0. The van der Waals surface area contributed by atoms with Crippen LogP contribution in [0.2, 0.25) is 0 Å². The average molecular weight is 127 g/mol. The van der Waals surface area contributed by atoms with E-state index in [-0.39, 0.29) is 5.91 Å². The molecule has 0 aromatic rings. The molecule has 1 amide bonds. The van der Waals surface area contributed by atoms with Crippen molar-refractivity contribution in [3.63, 3.8) is 0 Å². The van der Waals surface area contributed by atoms with Crippen molar-refractivity contribution in [1.29, 1.82) is 0 Å². The Bertz CT molecular complexity index is 108. The first kappa shape index (κ1) is 6.55. The topological polar surface area (TPSA) is 34.4 Å². The number of hydrogen-bond acceptors (Lipinski definition) is 1. The lowest BCUT2D eigenvalue weighted by molar-refractivity contribution is -0.130. The first-order valence-electron chi connectivity index (χ1n) is 3.19. The second kappa shape index (κ2) is 2.82. The molecule has 1 rings (SSSR count). The minimum atomic E-state index is 0.137. The number of amides is 1. The molecule has 9 heavy (non-hydrogen) atoms. The number of carbonyl (C=O) groups is 1. The summed E-state index contributed by atoms with van der Waals surface area (Å²) in [5.41, 5.74) is 0. The van der Waals surface area contributed by atoms with Crippen molar-refractivity contribution in [2.75, 3.05) is 19.8 Å². The van der Waals surface area contributed by atoms with Gasteiger partial charge in [-0.2, -0.15) is 0 Å². The molecule has 0 aliphatic carbocycles. The normalized spacial score (nSPS) is 19.9. The zero-order valence-electron chi connectivity index (χ0n) is 5.63. The van der Waals surface area contributed by atoms with E-state index in [4.69, 9.17) is 0 Å². The van der Waals surface area contributed by atoms with Crippen molar-refractivity contribution >= 4 is 5.91 Å². The Balaban J connectivity index is 2.31. The highest BCUT2D eigenvalue weighted by atomic mass is 16.2. The molecular formula is C6H11N2O. The summed E-state index contributed by atoms with van der Waals surface area (Å²) in [7, 11) is 0. The van der Waals surface area contributed by atoms with Gasteiger partial charge in [0.25, 0.3) is 0 Å². The molecule has 1 fully saturated rings. The van der Waals surface area contributed by atoms with Crippen LogP contribution in [0.15, 0.2) is 0 Å². The summed E-state index contributed by atoms with van der Waals surface area (Å²) in [6, 6.07) is 0. The Morgan fingerprint density at radius 3 is 2.78 bits per heavy atom. The standard InChI is InChI=1S/C6H11N2O/c1-6(9)8-4-2-3-7-5-8/h2-5H2,1H3. The molecule has 0 N–H and O–H groups in total. The van der Waals surface area contributed by atoms with Gasteiger partial charge in [-0.15, -0.1) is 0 Å². The van der Waals surface area contributed by atoms with Crippen molar-refractivity contribution in [3.8, 4) is 0 Å². The highest BCUT2D eigenvalue weighted by molar-refractivity contribution is 5.73. The minimum Gasteiger partial charge on any atom is -0.329 e. The zero-order valence-corrected chi connectivity index (χ0v) is 5.63. The van der Waals surface area contributed by atoms with Crippen LogP contribution in [0.4, 0.5) is 0 Å². The van der Waals surface area contributed by atoms with Crippen LogP contribution in [0.1, 0.15) is 13.3 Å². The second-order valence-electron chi connectivity index (χ2n) is 2.22. The lowest BCUT2D eigenvalue weighted by atomic mass is 10.3. The number of nitrogens with zero attached hydrogens (tertiary/aromatic N) is 2. The molecule has 3 heteroatoms. The van der Waals surface area contributed by atoms with E-state index in [1.807, 2.05) is 0 Å². The molecule has 0 saturated carbocycles.